The van der Waals surface area contributed by atoms with E-state index in [1.165, 1.54) is 11.3 Å². The van der Waals surface area contributed by atoms with Gasteiger partial charge in [-0.25, -0.2) is 4.98 Å². The third kappa shape index (κ3) is 2.53. The van der Waals surface area contributed by atoms with E-state index < -0.39 is 5.97 Å². The Morgan fingerprint density at radius 2 is 2.17 bits per heavy atom. The molecule has 0 aliphatic heterocycles. The van der Waals surface area contributed by atoms with Gasteiger partial charge in [-0.2, -0.15) is 0 Å². The molecule has 5 nitrogen and oxygen atoms in total. The number of nitrogens with one attached hydrogen (secondary N) is 1. The molecule has 0 atom stereocenters. The number of aromatic nitrogens is 1. The zero-order valence-corrected chi connectivity index (χ0v) is 11.2. The van der Waals surface area contributed by atoms with E-state index in [2.05, 4.69) is 10.3 Å². The molecule has 1 aliphatic carbocycles. The summed E-state index contributed by atoms with van der Waals surface area (Å²) in [6.07, 6.45) is 1.88. The summed E-state index contributed by atoms with van der Waals surface area (Å²) in [4.78, 5) is 27.6. The van der Waals surface area contributed by atoms with Crippen LogP contribution in [0.15, 0.2) is 0 Å². The van der Waals surface area contributed by atoms with Crippen molar-refractivity contribution in [2.24, 2.45) is 5.92 Å². The molecule has 1 aromatic heterocycles. The lowest BCUT2D eigenvalue weighted by molar-refractivity contribution is -0.145. The maximum absolute atomic E-state index is 12.0. The van der Waals surface area contributed by atoms with Crippen molar-refractivity contribution in [1.29, 1.82) is 0 Å². The van der Waals surface area contributed by atoms with Crippen LogP contribution in [0.1, 0.15) is 40.1 Å². The van der Waals surface area contributed by atoms with E-state index in [1.807, 2.05) is 13.8 Å². The van der Waals surface area contributed by atoms with E-state index in [-0.39, 0.29) is 17.9 Å². The van der Waals surface area contributed by atoms with E-state index in [0.717, 1.165) is 17.1 Å². The smallest absolute Gasteiger partial charge is 0.306 e. The summed E-state index contributed by atoms with van der Waals surface area (Å²) in [5.41, 5.74) is 0.753. The van der Waals surface area contributed by atoms with Gasteiger partial charge in [-0.1, -0.05) is 6.92 Å². The molecule has 0 radical (unpaired) electrons. The molecule has 2 rings (SSSR count). The Morgan fingerprint density at radius 3 is 2.67 bits per heavy atom. The Bertz CT molecular complexity index is 478. The molecule has 1 aromatic rings. The highest BCUT2D eigenvalue weighted by molar-refractivity contribution is 7.13. The molecule has 1 saturated carbocycles. The van der Waals surface area contributed by atoms with Gasteiger partial charge in [0.2, 0.25) is 0 Å². The molecule has 18 heavy (non-hydrogen) atoms. The fourth-order valence-electron chi connectivity index (χ4n) is 2.00. The third-order valence-corrected chi connectivity index (χ3v) is 4.47. The van der Waals surface area contributed by atoms with Crippen molar-refractivity contribution >= 4 is 23.2 Å². The first-order chi connectivity index (χ1) is 8.51. The molecule has 1 aliphatic rings. The van der Waals surface area contributed by atoms with Gasteiger partial charge < -0.3 is 10.4 Å². The first kappa shape index (κ1) is 13.0. The van der Waals surface area contributed by atoms with Crippen molar-refractivity contribution < 1.29 is 14.7 Å². The fourth-order valence-corrected chi connectivity index (χ4v) is 2.91. The molecule has 0 unspecified atom stereocenters. The van der Waals surface area contributed by atoms with Crippen molar-refractivity contribution in [3.8, 4) is 0 Å². The summed E-state index contributed by atoms with van der Waals surface area (Å²) in [6.45, 7) is 3.83. The lowest BCUT2D eigenvalue weighted by Crippen LogP contribution is -2.46. The van der Waals surface area contributed by atoms with Crippen LogP contribution in [0.25, 0.3) is 0 Å². The minimum atomic E-state index is -0.775. The van der Waals surface area contributed by atoms with Crippen molar-refractivity contribution in [3.05, 3.63) is 15.6 Å². The predicted molar refractivity (Wildman–Crippen MR) is 67.8 cm³/mol. The monoisotopic (exact) mass is 268 g/mol. The molecule has 6 heteroatoms. The van der Waals surface area contributed by atoms with Gasteiger partial charge in [-0.05, 0) is 26.2 Å². The number of thiazole rings is 1. The zero-order chi connectivity index (χ0) is 13.3. The van der Waals surface area contributed by atoms with Crippen LogP contribution in [0.4, 0.5) is 0 Å². The van der Waals surface area contributed by atoms with Crippen LogP contribution >= 0.6 is 11.3 Å². The van der Waals surface area contributed by atoms with Crippen LogP contribution in [0.2, 0.25) is 0 Å². The normalized spacial score (nSPS) is 22.3. The molecule has 1 amide bonds. The Labute approximate surface area is 109 Å². The quantitative estimate of drug-likeness (QED) is 0.869. The number of carboxylic acid groups (broad SMARTS) is 1. The maximum Gasteiger partial charge on any atom is 0.306 e. The molecule has 0 aromatic carbocycles. The van der Waals surface area contributed by atoms with Gasteiger partial charge in [0.15, 0.2) is 0 Å². The molecule has 1 heterocycles. The standard InChI is InChI=1S/C12H16N2O3S/c1-3-9-13-6(2)10(18-9)11(15)14-8-4-7(5-8)12(16)17/h7-8H,3-5H2,1-2H3,(H,14,15)(H,16,17). The van der Waals surface area contributed by atoms with Crippen molar-refractivity contribution in [3.63, 3.8) is 0 Å². The van der Waals surface area contributed by atoms with Gasteiger partial charge in [0.1, 0.15) is 4.88 Å². The number of carbonyl (C=O) groups excluding carboxylic acids is 1. The summed E-state index contributed by atoms with van der Waals surface area (Å²) >= 11 is 1.41. The van der Waals surface area contributed by atoms with Crippen LogP contribution in [-0.4, -0.2) is 28.0 Å². The average molecular weight is 268 g/mol. The fraction of sp³-hybridized carbons (Fsp3) is 0.583. The van der Waals surface area contributed by atoms with Crippen LogP contribution < -0.4 is 5.32 Å². The maximum atomic E-state index is 12.0. The molecule has 2 N–H and O–H groups in total. The predicted octanol–water partition coefficient (Wildman–Crippen LogP) is 1.61. The number of rotatable bonds is 4. The number of aryl methyl sites for hydroxylation is 2. The van der Waals surface area contributed by atoms with Crippen LogP contribution in [0.5, 0.6) is 0 Å². The highest BCUT2D eigenvalue weighted by Gasteiger charge is 2.35. The molecule has 98 valence electrons. The minimum absolute atomic E-state index is 0.00910. The summed E-state index contributed by atoms with van der Waals surface area (Å²) in [7, 11) is 0. The number of hydrogen-bond donors (Lipinski definition) is 2. The van der Waals surface area contributed by atoms with E-state index in [4.69, 9.17) is 5.11 Å². The number of amides is 1. The summed E-state index contributed by atoms with van der Waals surface area (Å²) < 4.78 is 0. The van der Waals surface area contributed by atoms with Crippen molar-refractivity contribution in [1.82, 2.24) is 10.3 Å². The number of nitrogens with zero attached hydrogens (tertiary/aromatic N) is 1. The van der Waals surface area contributed by atoms with Crippen LogP contribution in [-0.2, 0) is 11.2 Å². The van der Waals surface area contributed by atoms with Gasteiger partial charge in [0.25, 0.3) is 5.91 Å². The zero-order valence-electron chi connectivity index (χ0n) is 10.4. The number of carbonyl (C=O) groups is 2. The van der Waals surface area contributed by atoms with E-state index in [9.17, 15) is 9.59 Å². The van der Waals surface area contributed by atoms with Crippen molar-refractivity contribution in [2.45, 2.75) is 39.2 Å². The Balaban J connectivity index is 1.93. The third-order valence-electron chi connectivity index (χ3n) is 3.17. The van der Waals surface area contributed by atoms with Gasteiger partial charge in [-0.3, -0.25) is 9.59 Å². The van der Waals surface area contributed by atoms with Gasteiger partial charge in [-0.15, -0.1) is 11.3 Å². The molecule has 0 spiro atoms. The summed E-state index contributed by atoms with van der Waals surface area (Å²) in [6, 6.07) is -0.00910. The molecular formula is C12H16N2O3S. The molecule has 0 bridgehead atoms. The second kappa shape index (κ2) is 5.06. The molecule has 0 saturated heterocycles. The highest BCUT2D eigenvalue weighted by Crippen LogP contribution is 2.28. The van der Waals surface area contributed by atoms with Gasteiger partial charge in [0.05, 0.1) is 16.6 Å². The Hall–Kier alpha value is -1.43. The molecular weight excluding hydrogens is 252 g/mol. The van der Waals surface area contributed by atoms with Crippen LogP contribution in [0.3, 0.4) is 0 Å². The summed E-state index contributed by atoms with van der Waals surface area (Å²) in [5, 5.41) is 12.6. The van der Waals surface area contributed by atoms with Crippen LogP contribution in [0, 0.1) is 12.8 Å². The topological polar surface area (TPSA) is 79.3 Å². The minimum Gasteiger partial charge on any atom is -0.481 e. The van der Waals surface area contributed by atoms with Gasteiger partial charge in [0, 0.05) is 6.04 Å². The Kier molecular flexibility index (Phi) is 3.65. The van der Waals surface area contributed by atoms with E-state index >= 15 is 0 Å². The van der Waals surface area contributed by atoms with E-state index in [0.29, 0.717) is 17.7 Å². The largest absolute Gasteiger partial charge is 0.481 e. The number of aliphatic carboxylic acids is 1. The Morgan fingerprint density at radius 1 is 1.50 bits per heavy atom. The highest BCUT2D eigenvalue weighted by atomic mass is 32.1. The lowest BCUT2D eigenvalue weighted by Gasteiger charge is -2.32. The summed E-state index contributed by atoms with van der Waals surface area (Å²) in [5.74, 6) is -1.20. The average Bonchev–Trinajstić information content (AvgIpc) is 2.63. The SMILES string of the molecule is CCc1nc(C)c(C(=O)NC2CC(C(=O)O)C2)s1. The second-order valence-electron chi connectivity index (χ2n) is 4.55. The van der Waals surface area contributed by atoms with Gasteiger partial charge >= 0.3 is 5.97 Å². The molecule has 1 fully saturated rings. The number of carboxylic acids is 1. The lowest BCUT2D eigenvalue weighted by atomic mass is 9.80. The first-order valence-electron chi connectivity index (χ1n) is 6.01. The van der Waals surface area contributed by atoms with E-state index in [1.54, 1.807) is 0 Å². The number of hydrogen-bond acceptors (Lipinski definition) is 4. The second-order valence-corrected chi connectivity index (χ2v) is 5.64. The van der Waals surface area contributed by atoms with Crippen molar-refractivity contribution in [2.75, 3.05) is 0 Å². The first-order valence-corrected chi connectivity index (χ1v) is 6.82.